The molecule has 1 saturated heterocycles. The third-order valence-electron chi connectivity index (χ3n) is 5.63. The van der Waals surface area contributed by atoms with Gasteiger partial charge in [0.05, 0.1) is 11.4 Å². The number of sulfonamides is 1. The molecule has 1 saturated carbocycles. The summed E-state index contributed by atoms with van der Waals surface area (Å²) in [6, 6.07) is -0.517. The summed E-state index contributed by atoms with van der Waals surface area (Å²) in [5.74, 6) is -0.794. The standard InChI is InChI=1S/C18H23F4N5O2S/c19-11-7-13(16-14(8-11)30(28,29)26-17(25-16)10-1-2-10)27-6-3-12(24-5-4-23)9-15(27)18(20,21)22/h7-8,10,12,15,24H,1-6,9,23H2,(H,25,26)/t12-,15+/m1/s1. The Kier molecular flexibility index (Phi) is 5.43. The van der Waals surface area contributed by atoms with Crippen molar-refractivity contribution in [1.29, 1.82) is 0 Å². The molecule has 7 nitrogen and oxygen atoms in total. The lowest BCUT2D eigenvalue weighted by molar-refractivity contribution is -0.154. The first-order valence-electron chi connectivity index (χ1n) is 9.82. The van der Waals surface area contributed by atoms with E-state index >= 15 is 0 Å². The number of hydrogen-bond donors (Lipinski definition) is 3. The van der Waals surface area contributed by atoms with E-state index < -0.39 is 33.0 Å². The Morgan fingerprint density at radius 2 is 2.00 bits per heavy atom. The molecule has 1 aromatic carbocycles. The summed E-state index contributed by atoms with van der Waals surface area (Å²) in [7, 11) is -4.20. The van der Waals surface area contributed by atoms with Crippen molar-refractivity contribution in [1.82, 2.24) is 5.32 Å². The third kappa shape index (κ3) is 4.12. The van der Waals surface area contributed by atoms with Crippen LogP contribution in [-0.2, 0) is 10.0 Å². The molecule has 0 amide bonds. The Labute approximate surface area is 171 Å². The molecule has 0 bridgehead atoms. The van der Waals surface area contributed by atoms with Crippen LogP contribution in [0.2, 0.25) is 0 Å². The van der Waals surface area contributed by atoms with Crippen LogP contribution in [0.1, 0.15) is 25.7 Å². The highest BCUT2D eigenvalue weighted by Gasteiger charge is 2.48. The van der Waals surface area contributed by atoms with Crippen molar-refractivity contribution >= 4 is 27.2 Å². The molecule has 1 aromatic rings. The van der Waals surface area contributed by atoms with Crippen LogP contribution in [0.15, 0.2) is 21.4 Å². The number of fused-ring (bicyclic) bond motifs is 1. The van der Waals surface area contributed by atoms with E-state index in [0.717, 1.165) is 29.9 Å². The molecule has 2 aliphatic heterocycles. The van der Waals surface area contributed by atoms with E-state index in [2.05, 4.69) is 15.0 Å². The van der Waals surface area contributed by atoms with Crippen LogP contribution in [0, 0.1) is 11.7 Å². The fourth-order valence-electron chi connectivity index (χ4n) is 4.02. The minimum atomic E-state index is -4.58. The van der Waals surface area contributed by atoms with E-state index in [-0.39, 0.29) is 42.1 Å². The van der Waals surface area contributed by atoms with Crippen LogP contribution < -0.4 is 21.3 Å². The number of benzene rings is 1. The van der Waals surface area contributed by atoms with Crippen molar-refractivity contribution < 1.29 is 26.0 Å². The van der Waals surface area contributed by atoms with Gasteiger partial charge in [0.2, 0.25) is 0 Å². The molecule has 2 heterocycles. The molecule has 30 heavy (non-hydrogen) atoms. The van der Waals surface area contributed by atoms with Crippen molar-refractivity contribution in [2.75, 3.05) is 29.9 Å². The molecule has 0 spiro atoms. The van der Waals surface area contributed by atoms with Crippen molar-refractivity contribution in [3.8, 4) is 0 Å². The van der Waals surface area contributed by atoms with Gasteiger partial charge in [-0.3, -0.25) is 0 Å². The average Bonchev–Trinajstić information content (AvgIpc) is 3.50. The van der Waals surface area contributed by atoms with Gasteiger partial charge in [-0.25, -0.2) is 4.39 Å². The summed E-state index contributed by atoms with van der Waals surface area (Å²) >= 11 is 0. The molecule has 166 valence electrons. The quantitative estimate of drug-likeness (QED) is 0.596. The van der Waals surface area contributed by atoms with E-state index in [1.807, 2.05) is 0 Å². The van der Waals surface area contributed by atoms with Crippen molar-refractivity contribution in [3.05, 3.63) is 17.9 Å². The number of nitrogens with zero attached hydrogens (tertiary/aromatic N) is 2. The van der Waals surface area contributed by atoms with Gasteiger partial charge >= 0.3 is 6.18 Å². The number of nitrogens with one attached hydrogen (secondary N) is 2. The fourth-order valence-corrected chi connectivity index (χ4v) is 5.25. The SMILES string of the molecule is NCCN[C@@H]1CCN(c2cc(F)cc3c2NC(C2CC2)=NS3(=O)=O)[C@H](C(F)(F)F)C1. The largest absolute Gasteiger partial charge is 0.408 e. The molecule has 2 fully saturated rings. The first kappa shape index (κ1) is 21.3. The molecule has 0 radical (unpaired) electrons. The molecular formula is C18H23F4N5O2S. The van der Waals surface area contributed by atoms with E-state index in [0.29, 0.717) is 19.5 Å². The van der Waals surface area contributed by atoms with Gasteiger partial charge < -0.3 is 21.3 Å². The lowest BCUT2D eigenvalue weighted by Crippen LogP contribution is -2.55. The lowest BCUT2D eigenvalue weighted by atomic mass is 9.95. The van der Waals surface area contributed by atoms with E-state index in [9.17, 15) is 26.0 Å². The van der Waals surface area contributed by atoms with Crippen molar-refractivity contribution in [3.63, 3.8) is 0 Å². The number of nitrogens with two attached hydrogens (primary N) is 1. The summed E-state index contributed by atoms with van der Waals surface area (Å²) < 4.78 is 85.0. The normalized spacial score (nSPS) is 26.0. The highest BCUT2D eigenvalue weighted by atomic mass is 32.2. The van der Waals surface area contributed by atoms with Crippen LogP contribution in [0.3, 0.4) is 0 Å². The van der Waals surface area contributed by atoms with Crippen LogP contribution in [-0.4, -0.2) is 52.1 Å². The molecule has 2 atom stereocenters. The lowest BCUT2D eigenvalue weighted by Gasteiger charge is -2.43. The van der Waals surface area contributed by atoms with E-state index in [1.165, 1.54) is 0 Å². The Bertz CT molecular complexity index is 962. The maximum atomic E-state index is 14.3. The highest BCUT2D eigenvalue weighted by molar-refractivity contribution is 7.90. The number of piperidine rings is 1. The predicted octanol–water partition coefficient (Wildman–Crippen LogP) is 2.20. The minimum absolute atomic E-state index is 0.0139. The maximum absolute atomic E-state index is 14.3. The molecule has 4 N–H and O–H groups in total. The van der Waals surface area contributed by atoms with Gasteiger partial charge in [0, 0.05) is 31.6 Å². The number of anilines is 2. The van der Waals surface area contributed by atoms with Gasteiger partial charge in [-0.05, 0) is 37.8 Å². The number of halogens is 4. The summed E-state index contributed by atoms with van der Waals surface area (Å²) in [4.78, 5) is 0.618. The smallest absolute Gasteiger partial charge is 0.358 e. The summed E-state index contributed by atoms with van der Waals surface area (Å²) in [5, 5.41) is 5.89. The van der Waals surface area contributed by atoms with Gasteiger partial charge in [0.25, 0.3) is 10.0 Å². The predicted molar refractivity (Wildman–Crippen MR) is 105 cm³/mol. The number of alkyl halides is 3. The molecule has 4 rings (SSSR count). The monoisotopic (exact) mass is 449 g/mol. The zero-order valence-electron chi connectivity index (χ0n) is 16.0. The molecule has 1 aliphatic carbocycles. The second-order valence-corrected chi connectivity index (χ2v) is 9.44. The third-order valence-corrected chi connectivity index (χ3v) is 6.94. The number of rotatable bonds is 5. The van der Waals surface area contributed by atoms with Gasteiger partial charge in [-0.1, -0.05) is 0 Å². The van der Waals surface area contributed by atoms with Crippen LogP contribution in [0.25, 0.3) is 0 Å². The zero-order valence-corrected chi connectivity index (χ0v) is 16.9. The fraction of sp³-hybridized carbons (Fsp3) is 0.611. The highest BCUT2D eigenvalue weighted by Crippen LogP contribution is 2.44. The zero-order chi connectivity index (χ0) is 21.7. The summed E-state index contributed by atoms with van der Waals surface area (Å²) in [5.41, 5.74) is 5.29. The van der Waals surface area contributed by atoms with Gasteiger partial charge in [0.1, 0.15) is 22.6 Å². The van der Waals surface area contributed by atoms with Gasteiger partial charge in [-0.2, -0.15) is 21.6 Å². The van der Waals surface area contributed by atoms with Crippen LogP contribution in [0.5, 0.6) is 0 Å². The Morgan fingerprint density at radius 1 is 1.27 bits per heavy atom. The topological polar surface area (TPSA) is 99.8 Å². The average molecular weight is 449 g/mol. The molecule has 3 aliphatic rings. The van der Waals surface area contributed by atoms with Gasteiger partial charge in [-0.15, -0.1) is 4.40 Å². The van der Waals surface area contributed by atoms with E-state index in [1.54, 1.807) is 0 Å². The van der Waals surface area contributed by atoms with Crippen molar-refractivity contribution in [2.45, 2.75) is 48.8 Å². The second kappa shape index (κ2) is 7.65. The minimum Gasteiger partial charge on any atom is -0.358 e. The Hall–Kier alpha value is -1.92. The molecular weight excluding hydrogens is 426 g/mol. The van der Waals surface area contributed by atoms with Crippen LogP contribution in [0.4, 0.5) is 28.9 Å². The van der Waals surface area contributed by atoms with Crippen LogP contribution >= 0.6 is 0 Å². The number of amidine groups is 1. The summed E-state index contributed by atoms with van der Waals surface area (Å²) in [6.07, 6.45) is -2.95. The molecule has 12 heteroatoms. The number of hydrogen-bond acceptors (Lipinski definition) is 6. The first-order valence-corrected chi connectivity index (χ1v) is 11.3. The summed E-state index contributed by atoms with van der Waals surface area (Å²) in [6.45, 7) is 0.685. The molecule has 0 unspecified atom stereocenters. The first-order chi connectivity index (χ1) is 14.1. The Morgan fingerprint density at radius 3 is 2.63 bits per heavy atom. The van der Waals surface area contributed by atoms with Crippen molar-refractivity contribution in [2.24, 2.45) is 16.0 Å². The molecule has 0 aromatic heterocycles. The second-order valence-electron chi connectivity index (χ2n) is 7.86. The maximum Gasteiger partial charge on any atom is 0.408 e. The van der Waals surface area contributed by atoms with E-state index in [4.69, 9.17) is 5.73 Å². The van der Waals surface area contributed by atoms with Gasteiger partial charge in [0.15, 0.2) is 0 Å². The Balaban J connectivity index is 1.74.